The fourth-order valence-electron chi connectivity index (χ4n) is 5.00. The first-order valence-electron chi connectivity index (χ1n) is 15.0. The molecule has 0 bridgehead atoms. The number of nitrogens with one attached hydrogen (secondary N) is 1. The van der Waals surface area contributed by atoms with Gasteiger partial charge in [0.1, 0.15) is 18.3 Å². The number of sulfonamides is 1. The third-order valence-corrected chi connectivity index (χ3v) is 9.88. The van der Waals surface area contributed by atoms with Crippen LogP contribution in [0.5, 0.6) is 5.75 Å². The predicted molar refractivity (Wildman–Crippen MR) is 185 cm³/mol. The lowest BCUT2D eigenvalue weighted by Gasteiger charge is -2.34. The zero-order chi connectivity index (χ0) is 33.4. The van der Waals surface area contributed by atoms with Crippen molar-refractivity contribution in [1.82, 2.24) is 10.2 Å². The highest BCUT2D eigenvalue weighted by Gasteiger charge is 2.35. The molecule has 0 heterocycles. The van der Waals surface area contributed by atoms with Gasteiger partial charge in [-0.15, -0.1) is 0 Å². The van der Waals surface area contributed by atoms with Gasteiger partial charge in [-0.05, 0) is 85.1 Å². The second-order valence-corrected chi connectivity index (χ2v) is 14.2. The van der Waals surface area contributed by atoms with Crippen molar-refractivity contribution in [2.75, 3.05) is 18.0 Å². The number of benzene rings is 4. The maximum absolute atomic E-state index is 14.5. The summed E-state index contributed by atoms with van der Waals surface area (Å²) < 4.78 is 35.4. The Hall–Kier alpha value is -4.15. The summed E-state index contributed by atoms with van der Waals surface area (Å²) in [7, 11) is -2.75. The molecule has 0 aliphatic carbocycles. The first kappa shape index (κ1) is 34.7. The summed E-state index contributed by atoms with van der Waals surface area (Å²) in [4.78, 5) is 29.8. The van der Waals surface area contributed by atoms with Crippen molar-refractivity contribution in [3.8, 4) is 5.75 Å². The minimum atomic E-state index is -4.25. The van der Waals surface area contributed by atoms with Crippen LogP contribution in [0.25, 0.3) is 0 Å². The van der Waals surface area contributed by atoms with Gasteiger partial charge >= 0.3 is 0 Å². The van der Waals surface area contributed by atoms with Crippen LogP contribution in [-0.2, 0) is 32.6 Å². The van der Waals surface area contributed by atoms with Gasteiger partial charge < -0.3 is 15.0 Å². The molecule has 4 aromatic rings. The molecule has 1 atom stereocenters. The molecule has 1 N–H and O–H groups in total. The minimum Gasteiger partial charge on any atom is -0.496 e. The van der Waals surface area contributed by atoms with E-state index in [2.05, 4.69) is 21.2 Å². The summed E-state index contributed by atoms with van der Waals surface area (Å²) in [5.74, 6) is -0.360. The van der Waals surface area contributed by atoms with E-state index in [1.54, 1.807) is 30.3 Å². The lowest BCUT2D eigenvalue weighted by molar-refractivity contribution is -0.140. The number of hydrogen-bond donors (Lipinski definition) is 1. The number of halogens is 1. The predicted octanol–water partition coefficient (Wildman–Crippen LogP) is 6.43. The van der Waals surface area contributed by atoms with Gasteiger partial charge in [-0.1, -0.05) is 77.9 Å². The summed E-state index contributed by atoms with van der Waals surface area (Å²) in [5.41, 5.74) is 4.01. The van der Waals surface area contributed by atoms with Crippen LogP contribution in [0, 0.1) is 13.8 Å². The van der Waals surface area contributed by atoms with E-state index in [0.717, 1.165) is 26.6 Å². The Morgan fingerprint density at radius 3 is 2.02 bits per heavy atom. The number of carbonyl (C=O) groups is 2. The molecular weight excluding hydrogens is 666 g/mol. The van der Waals surface area contributed by atoms with Crippen LogP contribution < -0.4 is 14.4 Å². The highest BCUT2D eigenvalue weighted by Crippen LogP contribution is 2.31. The van der Waals surface area contributed by atoms with E-state index in [4.69, 9.17) is 4.74 Å². The van der Waals surface area contributed by atoms with Crippen molar-refractivity contribution in [1.29, 1.82) is 0 Å². The molecular formula is C36H40BrN3O5S. The molecule has 0 spiro atoms. The number of hydrogen-bond acceptors (Lipinski definition) is 5. The standard InChI is InChI=1S/C36H40BrN3O5S/c1-25(2)38-36(42)33(21-28-9-7-6-8-10-28)39(23-29-15-11-26(3)12-16-29)35(41)24-40(30-17-13-27(4)14-18-30)46(43,44)31-19-20-34(45-5)32(37)22-31/h6-20,22,25,33H,21,23-24H2,1-5H3,(H,38,42)/t33-/m0/s1. The quantitative estimate of drug-likeness (QED) is 0.173. The van der Waals surface area contributed by atoms with Crippen molar-refractivity contribution in [3.63, 3.8) is 0 Å². The highest BCUT2D eigenvalue weighted by atomic mass is 79.9. The molecule has 8 nitrogen and oxygen atoms in total. The van der Waals surface area contributed by atoms with Crippen LogP contribution in [0.2, 0.25) is 0 Å². The second-order valence-electron chi connectivity index (χ2n) is 11.5. The molecule has 0 unspecified atom stereocenters. The van der Waals surface area contributed by atoms with Crippen LogP contribution in [0.4, 0.5) is 5.69 Å². The zero-order valence-electron chi connectivity index (χ0n) is 26.7. The summed E-state index contributed by atoms with van der Waals surface area (Å²) in [6.45, 7) is 7.19. The van der Waals surface area contributed by atoms with Crippen LogP contribution in [0.15, 0.2) is 106 Å². The SMILES string of the molecule is COc1ccc(S(=O)(=O)N(CC(=O)N(Cc2ccc(C)cc2)[C@@H](Cc2ccccc2)C(=O)NC(C)C)c2ccc(C)cc2)cc1Br. The largest absolute Gasteiger partial charge is 0.496 e. The van der Waals surface area contributed by atoms with Gasteiger partial charge in [-0.3, -0.25) is 13.9 Å². The van der Waals surface area contributed by atoms with Gasteiger partial charge in [0.25, 0.3) is 10.0 Å². The maximum atomic E-state index is 14.5. The smallest absolute Gasteiger partial charge is 0.264 e. The Bertz CT molecular complexity index is 1750. The van der Waals surface area contributed by atoms with E-state index in [-0.39, 0.29) is 29.8 Å². The Kier molecular flexibility index (Phi) is 11.6. The number of carbonyl (C=O) groups excluding carboxylic acids is 2. The van der Waals surface area contributed by atoms with Crippen molar-refractivity contribution in [2.24, 2.45) is 0 Å². The molecule has 242 valence electrons. The molecule has 46 heavy (non-hydrogen) atoms. The highest BCUT2D eigenvalue weighted by molar-refractivity contribution is 9.10. The van der Waals surface area contributed by atoms with Gasteiger partial charge in [0.2, 0.25) is 11.8 Å². The molecule has 4 rings (SSSR count). The normalized spacial score (nSPS) is 12.0. The molecule has 4 aromatic carbocycles. The minimum absolute atomic E-state index is 0.0166. The number of nitrogens with zero attached hydrogens (tertiary/aromatic N) is 2. The molecule has 10 heteroatoms. The van der Waals surface area contributed by atoms with E-state index in [0.29, 0.717) is 15.9 Å². The van der Waals surface area contributed by atoms with Crippen LogP contribution >= 0.6 is 15.9 Å². The number of anilines is 1. The lowest BCUT2D eigenvalue weighted by Crippen LogP contribution is -2.54. The van der Waals surface area contributed by atoms with E-state index < -0.39 is 28.5 Å². The molecule has 0 aliphatic heterocycles. The van der Waals surface area contributed by atoms with E-state index in [9.17, 15) is 18.0 Å². The van der Waals surface area contributed by atoms with Crippen LogP contribution in [-0.4, -0.2) is 50.9 Å². The van der Waals surface area contributed by atoms with Crippen molar-refractivity contribution >= 4 is 43.5 Å². The Morgan fingerprint density at radius 1 is 0.848 bits per heavy atom. The summed E-state index contributed by atoms with van der Waals surface area (Å²) >= 11 is 3.39. The molecule has 2 amide bonds. The number of amides is 2. The Labute approximate surface area is 280 Å². The summed E-state index contributed by atoms with van der Waals surface area (Å²) in [6, 6.07) is 27.5. The van der Waals surface area contributed by atoms with Crippen LogP contribution in [0.3, 0.4) is 0 Å². The first-order valence-corrected chi connectivity index (χ1v) is 17.2. The second kappa shape index (κ2) is 15.4. The lowest BCUT2D eigenvalue weighted by atomic mass is 10.0. The van der Waals surface area contributed by atoms with E-state index in [1.807, 2.05) is 82.3 Å². The Morgan fingerprint density at radius 2 is 1.46 bits per heavy atom. The van der Waals surface area contributed by atoms with Gasteiger partial charge in [-0.2, -0.15) is 0 Å². The number of methoxy groups -OCH3 is 1. The zero-order valence-corrected chi connectivity index (χ0v) is 29.1. The third-order valence-electron chi connectivity index (χ3n) is 7.49. The van der Waals surface area contributed by atoms with Gasteiger partial charge in [0.05, 0.1) is 22.2 Å². The van der Waals surface area contributed by atoms with Gasteiger partial charge in [-0.25, -0.2) is 8.42 Å². The van der Waals surface area contributed by atoms with Crippen molar-refractivity contribution < 1.29 is 22.7 Å². The van der Waals surface area contributed by atoms with E-state index >= 15 is 0 Å². The molecule has 0 fully saturated rings. The summed E-state index contributed by atoms with van der Waals surface area (Å²) in [5, 5.41) is 2.98. The molecule has 0 aliphatic rings. The number of rotatable bonds is 13. The van der Waals surface area contributed by atoms with E-state index in [1.165, 1.54) is 24.1 Å². The number of aryl methyl sites for hydroxylation is 2. The third kappa shape index (κ3) is 8.76. The summed E-state index contributed by atoms with van der Waals surface area (Å²) in [6.07, 6.45) is 0.250. The maximum Gasteiger partial charge on any atom is 0.264 e. The van der Waals surface area contributed by atoms with Gasteiger partial charge in [0.15, 0.2) is 0 Å². The fourth-order valence-corrected chi connectivity index (χ4v) is 7.13. The average Bonchev–Trinajstić information content (AvgIpc) is 3.03. The average molecular weight is 707 g/mol. The fraction of sp³-hybridized carbons (Fsp3) is 0.278. The molecule has 0 aromatic heterocycles. The Balaban J connectivity index is 1.81. The van der Waals surface area contributed by atoms with Crippen LogP contribution in [0.1, 0.15) is 36.1 Å². The number of ether oxygens (including phenoxy) is 1. The monoisotopic (exact) mass is 705 g/mol. The van der Waals surface area contributed by atoms with Crippen molar-refractivity contribution in [2.45, 2.75) is 57.6 Å². The topological polar surface area (TPSA) is 96.0 Å². The van der Waals surface area contributed by atoms with Crippen molar-refractivity contribution in [3.05, 3.63) is 124 Å². The van der Waals surface area contributed by atoms with Gasteiger partial charge in [0, 0.05) is 19.0 Å². The molecule has 0 saturated carbocycles. The molecule has 0 saturated heterocycles. The first-order chi connectivity index (χ1) is 21.9. The molecule has 0 radical (unpaired) electrons.